The first-order chi connectivity index (χ1) is 9.66. The zero-order chi connectivity index (χ0) is 14.1. The van der Waals surface area contributed by atoms with Gasteiger partial charge in [-0.15, -0.1) is 0 Å². The van der Waals surface area contributed by atoms with Crippen molar-refractivity contribution in [3.8, 4) is 11.1 Å². The van der Waals surface area contributed by atoms with Crippen LogP contribution in [0.1, 0.15) is 0 Å². The summed E-state index contributed by atoms with van der Waals surface area (Å²) in [7, 11) is 4.04. The number of nitrogens with two attached hydrogens (primary N) is 1. The predicted molar refractivity (Wildman–Crippen MR) is 82.8 cm³/mol. The number of likely N-dealkylation sites (N-methyl/N-ethyl adjacent to an activating group) is 1. The van der Waals surface area contributed by atoms with Gasteiger partial charge < -0.3 is 15.5 Å². The number of nitrogen functional groups attached to an aromatic ring is 1. The van der Waals surface area contributed by atoms with Crippen molar-refractivity contribution < 1.29 is 0 Å². The highest BCUT2D eigenvalue weighted by Gasteiger charge is 2.19. The average Bonchev–Trinajstić information content (AvgIpc) is 2.80. The van der Waals surface area contributed by atoms with Gasteiger partial charge in [0.1, 0.15) is 5.82 Å². The highest BCUT2D eigenvalue weighted by Crippen LogP contribution is 2.34. The second kappa shape index (κ2) is 5.17. The van der Waals surface area contributed by atoms with Gasteiger partial charge in [0, 0.05) is 50.0 Å². The molecule has 2 N–H and O–H groups in total. The molecular formula is C15H21N5. The van der Waals surface area contributed by atoms with Crippen LogP contribution >= 0.6 is 0 Å². The third-order valence-corrected chi connectivity index (χ3v) is 4.02. The lowest BCUT2D eigenvalue weighted by Gasteiger charge is -2.35. The number of nitrogens with zero attached hydrogens (tertiary/aromatic N) is 4. The number of anilines is 2. The van der Waals surface area contributed by atoms with Gasteiger partial charge in [0.25, 0.3) is 0 Å². The van der Waals surface area contributed by atoms with Crippen molar-refractivity contribution in [2.45, 2.75) is 0 Å². The standard InChI is InChI=1S/C15H21N5/c1-18-7-9-20(10-8-18)14-6-4-3-5-12(14)13-11-17-19(2)15(13)16/h3-6,11H,7-10,16H2,1-2H3. The molecule has 1 fully saturated rings. The molecule has 5 nitrogen and oxygen atoms in total. The molecule has 1 saturated heterocycles. The Balaban J connectivity index is 1.98. The number of rotatable bonds is 2. The van der Waals surface area contributed by atoms with Gasteiger partial charge in [-0.1, -0.05) is 18.2 Å². The summed E-state index contributed by atoms with van der Waals surface area (Å²) in [6.45, 7) is 4.29. The van der Waals surface area contributed by atoms with Gasteiger partial charge in [0.05, 0.1) is 6.20 Å². The van der Waals surface area contributed by atoms with Gasteiger partial charge in [-0.25, -0.2) is 0 Å². The third kappa shape index (κ3) is 2.25. The second-order valence-electron chi connectivity index (χ2n) is 5.37. The second-order valence-corrected chi connectivity index (χ2v) is 5.37. The molecule has 3 rings (SSSR count). The Morgan fingerprint density at radius 3 is 2.35 bits per heavy atom. The van der Waals surface area contributed by atoms with Crippen molar-refractivity contribution in [3.63, 3.8) is 0 Å². The highest BCUT2D eigenvalue weighted by molar-refractivity contribution is 5.84. The highest BCUT2D eigenvalue weighted by atomic mass is 15.3. The average molecular weight is 271 g/mol. The van der Waals surface area contributed by atoms with Crippen LogP contribution in [0.15, 0.2) is 30.5 Å². The van der Waals surface area contributed by atoms with E-state index in [2.05, 4.69) is 46.2 Å². The maximum atomic E-state index is 6.13. The largest absolute Gasteiger partial charge is 0.383 e. The topological polar surface area (TPSA) is 50.3 Å². The fraction of sp³-hybridized carbons (Fsp3) is 0.400. The molecule has 0 radical (unpaired) electrons. The zero-order valence-corrected chi connectivity index (χ0v) is 12.1. The molecular weight excluding hydrogens is 250 g/mol. The SMILES string of the molecule is CN1CCN(c2ccccc2-c2cnn(C)c2N)CC1. The number of piperazine rings is 1. The molecule has 0 aliphatic carbocycles. The lowest BCUT2D eigenvalue weighted by Crippen LogP contribution is -2.44. The zero-order valence-electron chi connectivity index (χ0n) is 12.1. The Labute approximate surface area is 119 Å². The summed E-state index contributed by atoms with van der Waals surface area (Å²) < 4.78 is 1.72. The van der Waals surface area contributed by atoms with Crippen molar-refractivity contribution in [2.24, 2.45) is 7.05 Å². The van der Waals surface area contributed by atoms with E-state index < -0.39 is 0 Å². The maximum absolute atomic E-state index is 6.13. The summed E-state index contributed by atoms with van der Waals surface area (Å²) in [5.74, 6) is 0.714. The third-order valence-electron chi connectivity index (χ3n) is 4.02. The quantitative estimate of drug-likeness (QED) is 0.897. The van der Waals surface area contributed by atoms with Gasteiger partial charge in [-0.05, 0) is 13.1 Å². The fourth-order valence-electron chi connectivity index (χ4n) is 2.68. The van der Waals surface area contributed by atoms with Crippen LogP contribution in [0, 0.1) is 0 Å². The van der Waals surface area contributed by atoms with E-state index in [1.807, 2.05) is 13.2 Å². The molecule has 1 aromatic carbocycles. The molecule has 20 heavy (non-hydrogen) atoms. The first kappa shape index (κ1) is 13.0. The first-order valence-electron chi connectivity index (χ1n) is 6.97. The summed E-state index contributed by atoms with van der Waals surface area (Å²) in [4.78, 5) is 4.79. The van der Waals surface area contributed by atoms with Crippen molar-refractivity contribution in [3.05, 3.63) is 30.5 Å². The molecule has 2 heterocycles. The fourth-order valence-corrected chi connectivity index (χ4v) is 2.68. The minimum absolute atomic E-state index is 0.714. The van der Waals surface area contributed by atoms with Crippen molar-refractivity contribution in [1.82, 2.24) is 14.7 Å². The van der Waals surface area contributed by atoms with Crippen LogP contribution in [0.3, 0.4) is 0 Å². The molecule has 5 heteroatoms. The Bertz CT molecular complexity index is 596. The number of hydrogen-bond acceptors (Lipinski definition) is 4. The molecule has 1 aromatic heterocycles. The van der Waals surface area contributed by atoms with Crippen molar-refractivity contribution >= 4 is 11.5 Å². The summed E-state index contributed by atoms with van der Waals surface area (Å²) in [5.41, 5.74) is 9.56. The normalized spacial score (nSPS) is 16.6. The predicted octanol–water partition coefficient (Wildman–Crippen LogP) is 1.42. The molecule has 0 saturated carbocycles. The molecule has 106 valence electrons. The van der Waals surface area contributed by atoms with Crippen LogP contribution in [0.5, 0.6) is 0 Å². The van der Waals surface area contributed by atoms with Gasteiger partial charge in [0.15, 0.2) is 0 Å². The van der Waals surface area contributed by atoms with Crippen molar-refractivity contribution in [1.29, 1.82) is 0 Å². The van der Waals surface area contributed by atoms with Crippen LogP contribution in [0.2, 0.25) is 0 Å². The van der Waals surface area contributed by atoms with Gasteiger partial charge in [0.2, 0.25) is 0 Å². The molecule has 2 aromatic rings. The minimum Gasteiger partial charge on any atom is -0.383 e. The molecule has 0 amide bonds. The van der Waals surface area contributed by atoms with E-state index in [0.29, 0.717) is 5.82 Å². The number of para-hydroxylation sites is 1. The molecule has 0 bridgehead atoms. The van der Waals surface area contributed by atoms with E-state index >= 15 is 0 Å². The van der Waals surface area contributed by atoms with Crippen LogP contribution in [0.25, 0.3) is 11.1 Å². The molecule has 0 unspecified atom stereocenters. The lowest BCUT2D eigenvalue weighted by atomic mass is 10.0. The van der Waals surface area contributed by atoms with Crippen LogP contribution in [-0.2, 0) is 7.05 Å². The van der Waals surface area contributed by atoms with E-state index in [-0.39, 0.29) is 0 Å². The van der Waals surface area contributed by atoms with E-state index in [1.54, 1.807) is 4.68 Å². The Hall–Kier alpha value is -2.01. The summed E-state index contributed by atoms with van der Waals surface area (Å²) >= 11 is 0. The first-order valence-corrected chi connectivity index (χ1v) is 6.97. The van der Waals surface area contributed by atoms with Crippen LogP contribution in [-0.4, -0.2) is 47.9 Å². The van der Waals surface area contributed by atoms with E-state index in [1.165, 1.54) is 11.3 Å². The van der Waals surface area contributed by atoms with Gasteiger partial charge >= 0.3 is 0 Å². The smallest absolute Gasteiger partial charge is 0.129 e. The monoisotopic (exact) mass is 271 g/mol. The van der Waals surface area contributed by atoms with Crippen LogP contribution < -0.4 is 10.6 Å². The molecule has 0 atom stereocenters. The Morgan fingerprint density at radius 2 is 1.70 bits per heavy atom. The van der Waals surface area contributed by atoms with E-state index in [4.69, 9.17) is 5.73 Å². The number of aromatic nitrogens is 2. The van der Waals surface area contributed by atoms with E-state index in [0.717, 1.165) is 31.7 Å². The maximum Gasteiger partial charge on any atom is 0.129 e. The summed E-state index contributed by atoms with van der Waals surface area (Å²) in [6.07, 6.45) is 1.85. The van der Waals surface area contributed by atoms with Crippen molar-refractivity contribution in [2.75, 3.05) is 43.9 Å². The number of hydrogen-bond donors (Lipinski definition) is 1. The molecule has 1 aliphatic rings. The summed E-state index contributed by atoms with van der Waals surface area (Å²) in [6, 6.07) is 8.44. The molecule has 1 aliphatic heterocycles. The summed E-state index contributed by atoms with van der Waals surface area (Å²) in [5, 5.41) is 4.26. The van der Waals surface area contributed by atoms with Gasteiger partial charge in [-0.2, -0.15) is 5.10 Å². The minimum atomic E-state index is 0.714. The molecule has 0 spiro atoms. The van der Waals surface area contributed by atoms with Crippen LogP contribution in [0.4, 0.5) is 11.5 Å². The number of aryl methyl sites for hydroxylation is 1. The Kier molecular flexibility index (Phi) is 3.36. The van der Waals surface area contributed by atoms with Gasteiger partial charge in [-0.3, -0.25) is 4.68 Å². The number of benzene rings is 1. The lowest BCUT2D eigenvalue weighted by molar-refractivity contribution is 0.313. The van der Waals surface area contributed by atoms with E-state index in [9.17, 15) is 0 Å². The Morgan fingerprint density at radius 1 is 1.00 bits per heavy atom.